The van der Waals surface area contributed by atoms with Gasteiger partial charge in [0.05, 0.1) is 5.01 Å². The van der Waals surface area contributed by atoms with Gasteiger partial charge in [-0.05, 0) is 31.0 Å². The van der Waals surface area contributed by atoms with Gasteiger partial charge in [0.2, 0.25) is 5.91 Å². The molecule has 0 aliphatic heterocycles. The topological polar surface area (TPSA) is 78.4 Å². The molecule has 0 atom stereocenters. The molecule has 8 heteroatoms. The fourth-order valence-corrected chi connectivity index (χ4v) is 3.42. The monoisotopic (exact) mass is 407 g/mol. The first-order valence-corrected chi connectivity index (χ1v) is 10.2. The molecule has 1 amide bonds. The van der Waals surface area contributed by atoms with Crippen molar-refractivity contribution in [1.82, 2.24) is 15.6 Å². The SMILES string of the molecule is CCc1cnc(CCNC(=NC)NCCC(=O)Nc2cccc(Cl)c2C)s1. The van der Waals surface area contributed by atoms with Crippen LogP contribution in [0.15, 0.2) is 29.4 Å². The molecule has 0 aliphatic rings. The normalized spacial score (nSPS) is 11.3. The Morgan fingerprint density at radius 1 is 1.30 bits per heavy atom. The minimum absolute atomic E-state index is 0.0711. The number of thiazole rings is 1. The number of aryl methyl sites for hydroxylation is 1. The van der Waals surface area contributed by atoms with Crippen LogP contribution in [0.3, 0.4) is 0 Å². The molecule has 1 aromatic carbocycles. The number of hydrogen-bond acceptors (Lipinski definition) is 4. The van der Waals surface area contributed by atoms with Crippen molar-refractivity contribution < 1.29 is 4.79 Å². The number of aromatic nitrogens is 1. The van der Waals surface area contributed by atoms with Crippen molar-refractivity contribution in [3.05, 3.63) is 44.9 Å². The third-order valence-electron chi connectivity index (χ3n) is 3.99. The Balaban J connectivity index is 1.69. The molecule has 2 rings (SSSR count). The van der Waals surface area contributed by atoms with E-state index < -0.39 is 0 Å². The molecule has 0 fully saturated rings. The quantitative estimate of drug-likeness (QED) is 0.463. The number of carbonyl (C=O) groups is 1. The van der Waals surface area contributed by atoms with Crippen LogP contribution in [-0.4, -0.2) is 37.0 Å². The summed E-state index contributed by atoms with van der Waals surface area (Å²) in [5.74, 6) is 0.604. The summed E-state index contributed by atoms with van der Waals surface area (Å²) in [6, 6.07) is 5.47. The van der Waals surface area contributed by atoms with Gasteiger partial charge in [0, 0.05) is 54.8 Å². The van der Waals surface area contributed by atoms with Gasteiger partial charge in [-0.3, -0.25) is 9.79 Å². The van der Waals surface area contributed by atoms with Crippen molar-refractivity contribution in [3.63, 3.8) is 0 Å². The van der Waals surface area contributed by atoms with Crippen LogP contribution in [0.1, 0.15) is 28.8 Å². The first kappa shape index (κ1) is 21.2. The van der Waals surface area contributed by atoms with E-state index in [1.54, 1.807) is 24.5 Å². The maximum atomic E-state index is 12.1. The van der Waals surface area contributed by atoms with E-state index in [1.165, 1.54) is 4.88 Å². The fourth-order valence-electron chi connectivity index (χ4n) is 2.39. The number of aliphatic imine (C=N–C) groups is 1. The highest BCUT2D eigenvalue weighted by molar-refractivity contribution is 7.11. The highest BCUT2D eigenvalue weighted by atomic mass is 35.5. The first-order valence-electron chi connectivity index (χ1n) is 8.96. The molecule has 146 valence electrons. The molecular weight excluding hydrogens is 382 g/mol. The van der Waals surface area contributed by atoms with Gasteiger partial charge in [-0.15, -0.1) is 11.3 Å². The van der Waals surface area contributed by atoms with Crippen LogP contribution in [0, 0.1) is 6.92 Å². The molecule has 2 aromatic rings. The third kappa shape index (κ3) is 6.84. The average Bonchev–Trinajstić information content (AvgIpc) is 3.12. The Bertz CT molecular complexity index is 790. The highest BCUT2D eigenvalue weighted by Gasteiger charge is 2.07. The van der Waals surface area contributed by atoms with Gasteiger partial charge in [0.25, 0.3) is 0 Å². The van der Waals surface area contributed by atoms with E-state index in [1.807, 2.05) is 25.3 Å². The molecule has 6 nitrogen and oxygen atoms in total. The maximum Gasteiger partial charge on any atom is 0.226 e. The molecule has 0 bridgehead atoms. The fraction of sp³-hybridized carbons (Fsp3) is 0.421. The maximum absolute atomic E-state index is 12.1. The number of nitrogens with one attached hydrogen (secondary N) is 3. The Morgan fingerprint density at radius 2 is 2.07 bits per heavy atom. The van der Waals surface area contributed by atoms with Crippen LogP contribution in [0.2, 0.25) is 5.02 Å². The number of hydrogen-bond donors (Lipinski definition) is 3. The van der Waals surface area contributed by atoms with E-state index in [4.69, 9.17) is 11.6 Å². The lowest BCUT2D eigenvalue weighted by molar-refractivity contribution is -0.116. The zero-order valence-electron chi connectivity index (χ0n) is 15.9. The lowest BCUT2D eigenvalue weighted by atomic mass is 10.2. The molecule has 1 aromatic heterocycles. The van der Waals surface area contributed by atoms with E-state index >= 15 is 0 Å². The zero-order valence-corrected chi connectivity index (χ0v) is 17.5. The molecule has 3 N–H and O–H groups in total. The molecular formula is C19H26ClN5OS. The number of nitrogens with zero attached hydrogens (tertiary/aromatic N) is 2. The predicted molar refractivity (Wildman–Crippen MR) is 114 cm³/mol. The van der Waals surface area contributed by atoms with Gasteiger partial charge in [-0.1, -0.05) is 24.6 Å². The minimum atomic E-state index is -0.0711. The summed E-state index contributed by atoms with van der Waals surface area (Å²) in [5.41, 5.74) is 1.61. The van der Waals surface area contributed by atoms with Gasteiger partial charge in [0.15, 0.2) is 5.96 Å². The van der Waals surface area contributed by atoms with Crippen molar-refractivity contribution >= 4 is 40.5 Å². The van der Waals surface area contributed by atoms with Crippen molar-refractivity contribution in [3.8, 4) is 0 Å². The number of amides is 1. The van der Waals surface area contributed by atoms with Crippen LogP contribution in [0.5, 0.6) is 0 Å². The van der Waals surface area contributed by atoms with Crippen molar-refractivity contribution in [2.45, 2.75) is 33.1 Å². The summed E-state index contributed by atoms with van der Waals surface area (Å²) in [6.07, 6.45) is 4.14. The van der Waals surface area contributed by atoms with Crippen LogP contribution in [0.25, 0.3) is 0 Å². The summed E-state index contributed by atoms with van der Waals surface area (Å²) >= 11 is 7.82. The van der Waals surface area contributed by atoms with E-state index in [2.05, 4.69) is 32.9 Å². The number of halogens is 1. The van der Waals surface area contributed by atoms with Gasteiger partial charge in [-0.2, -0.15) is 0 Å². The molecule has 0 radical (unpaired) electrons. The predicted octanol–water partition coefficient (Wildman–Crippen LogP) is 3.40. The third-order valence-corrected chi connectivity index (χ3v) is 5.60. The van der Waals surface area contributed by atoms with E-state index in [-0.39, 0.29) is 5.91 Å². The molecule has 0 aliphatic carbocycles. The van der Waals surface area contributed by atoms with Crippen LogP contribution < -0.4 is 16.0 Å². The summed E-state index contributed by atoms with van der Waals surface area (Å²) in [4.78, 5) is 22.0. The Morgan fingerprint density at radius 3 is 2.78 bits per heavy atom. The summed E-state index contributed by atoms with van der Waals surface area (Å²) < 4.78 is 0. The van der Waals surface area contributed by atoms with Crippen molar-refractivity contribution in [1.29, 1.82) is 0 Å². The van der Waals surface area contributed by atoms with Crippen molar-refractivity contribution in [2.24, 2.45) is 4.99 Å². The number of guanidine groups is 1. The number of benzene rings is 1. The smallest absolute Gasteiger partial charge is 0.226 e. The lowest BCUT2D eigenvalue weighted by Crippen LogP contribution is -2.39. The van der Waals surface area contributed by atoms with Crippen LogP contribution >= 0.6 is 22.9 Å². The van der Waals surface area contributed by atoms with Gasteiger partial charge in [-0.25, -0.2) is 4.98 Å². The number of anilines is 1. The Hall–Kier alpha value is -2.12. The van der Waals surface area contributed by atoms with E-state index in [9.17, 15) is 4.79 Å². The number of carbonyl (C=O) groups excluding carboxylic acids is 1. The standard InChI is InChI=1S/C19H26ClN5OS/c1-4-14-12-24-18(27-14)9-11-23-19(21-3)22-10-8-17(26)25-16-7-5-6-15(20)13(16)2/h5-7,12H,4,8-11H2,1-3H3,(H,25,26)(H2,21,22,23). The van der Waals surface area contributed by atoms with E-state index in [0.29, 0.717) is 23.9 Å². The molecule has 0 unspecified atom stereocenters. The molecule has 0 saturated carbocycles. The summed E-state index contributed by atoms with van der Waals surface area (Å²) in [5, 5.41) is 11.0. The Kier molecular flexibility index (Phi) is 8.54. The van der Waals surface area contributed by atoms with Gasteiger partial charge < -0.3 is 16.0 Å². The second kappa shape index (κ2) is 10.9. The summed E-state index contributed by atoms with van der Waals surface area (Å²) in [7, 11) is 1.71. The van der Waals surface area contributed by atoms with Gasteiger partial charge in [0.1, 0.15) is 0 Å². The van der Waals surface area contributed by atoms with Crippen LogP contribution in [-0.2, 0) is 17.6 Å². The first-order chi connectivity index (χ1) is 13.0. The summed E-state index contributed by atoms with van der Waals surface area (Å²) in [6.45, 7) is 5.24. The molecule has 0 spiro atoms. The van der Waals surface area contributed by atoms with Crippen molar-refractivity contribution in [2.75, 3.05) is 25.5 Å². The number of rotatable bonds is 8. The zero-order chi connectivity index (χ0) is 19.6. The largest absolute Gasteiger partial charge is 0.356 e. The lowest BCUT2D eigenvalue weighted by Gasteiger charge is -2.12. The minimum Gasteiger partial charge on any atom is -0.356 e. The second-order valence-corrected chi connectivity index (χ2v) is 7.57. The molecule has 0 saturated heterocycles. The molecule has 1 heterocycles. The van der Waals surface area contributed by atoms with E-state index in [0.717, 1.165) is 35.6 Å². The van der Waals surface area contributed by atoms with Gasteiger partial charge >= 0.3 is 0 Å². The second-order valence-electron chi connectivity index (χ2n) is 5.96. The van der Waals surface area contributed by atoms with Crippen LogP contribution in [0.4, 0.5) is 5.69 Å². The highest BCUT2D eigenvalue weighted by Crippen LogP contribution is 2.22. The average molecular weight is 408 g/mol. The molecule has 27 heavy (non-hydrogen) atoms. The Labute approximate surface area is 169 Å².